The molecule has 1 fully saturated rings. The van der Waals surface area contributed by atoms with E-state index < -0.39 is 0 Å². The maximum atomic E-state index is 14.0. The fraction of sp³-hybridized carbons (Fsp3) is 0.364. The first kappa shape index (κ1) is 20.6. The van der Waals surface area contributed by atoms with Crippen LogP contribution < -0.4 is 14.5 Å². The molecule has 6 nitrogen and oxygen atoms in total. The summed E-state index contributed by atoms with van der Waals surface area (Å²) in [6.45, 7) is 3.97. The molecule has 1 saturated heterocycles. The number of hydrogen-bond acceptors (Lipinski definition) is 4. The number of piperazine rings is 1. The van der Waals surface area contributed by atoms with Crippen LogP contribution >= 0.6 is 0 Å². The zero-order valence-electron chi connectivity index (χ0n) is 16.8. The third kappa shape index (κ3) is 4.85. The van der Waals surface area contributed by atoms with Gasteiger partial charge in [-0.1, -0.05) is 24.3 Å². The van der Waals surface area contributed by atoms with E-state index in [1.165, 1.54) is 13.0 Å². The Kier molecular flexibility index (Phi) is 6.69. The molecule has 0 aromatic heterocycles. The fourth-order valence-electron chi connectivity index (χ4n) is 3.57. The van der Waals surface area contributed by atoms with E-state index in [0.29, 0.717) is 43.3 Å². The minimum Gasteiger partial charge on any atom is -0.495 e. The topological polar surface area (TPSA) is 53.1 Å². The molecule has 29 heavy (non-hydrogen) atoms. The molecule has 1 aliphatic heterocycles. The lowest BCUT2D eigenvalue weighted by Gasteiger charge is -2.36. The highest BCUT2D eigenvalue weighted by atomic mass is 19.1. The first-order valence-corrected chi connectivity index (χ1v) is 9.69. The molecule has 3 rings (SSSR count). The summed E-state index contributed by atoms with van der Waals surface area (Å²) in [5.74, 6) is 0.181. The number of anilines is 2. The Balaban J connectivity index is 1.58. The van der Waals surface area contributed by atoms with Crippen LogP contribution in [0.15, 0.2) is 48.5 Å². The lowest BCUT2D eigenvalue weighted by Crippen LogP contribution is -2.49. The largest absolute Gasteiger partial charge is 0.495 e. The summed E-state index contributed by atoms with van der Waals surface area (Å²) in [4.78, 5) is 30.1. The van der Waals surface area contributed by atoms with Gasteiger partial charge in [-0.05, 0) is 24.3 Å². The highest BCUT2D eigenvalue weighted by Crippen LogP contribution is 2.28. The molecular weight excluding hydrogens is 373 g/mol. The highest BCUT2D eigenvalue weighted by Gasteiger charge is 2.24. The number of benzene rings is 2. The van der Waals surface area contributed by atoms with Crippen molar-refractivity contribution in [2.24, 2.45) is 0 Å². The second-order valence-electron chi connectivity index (χ2n) is 6.91. The maximum Gasteiger partial charge on any atom is 0.224 e. The van der Waals surface area contributed by atoms with Crippen molar-refractivity contribution in [2.75, 3.05) is 49.6 Å². The van der Waals surface area contributed by atoms with Gasteiger partial charge >= 0.3 is 0 Å². The van der Waals surface area contributed by atoms with E-state index >= 15 is 0 Å². The summed E-state index contributed by atoms with van der Waals surface area (Å²) in [6.07, 6.45) is 0.220. The molecule has 0 bridgehead atoms. The Hall–Kier alpha value is -3.09. The molecule has 2 aromatic carbocycles. The van der Waals surface area contributed by atoms with Gasteiger partial charge in [0.1, 0.15) is 11.6 Å². The molecule has 0 atom stereocenters. The molecule has 0 saturated carbocycles. The molecule has 0 unspecified atom stereocenters. The van der Waals surface area contributed by atoms with Crippen LogP contribution in [0.2, 0.25) is 0 Å². The van der Waals surface area contributed by atoms with Gasteiger partial charge in [0.25, 0.3) is 0 Å². The quantitative estimate of drug-likeness (QED) is 0.750. The van der Waals surface area contributed by atoms with Crippen molar-refractivity contribution >= 4 is 23.2 Å². The fourth-order valence-corrected chi connectivity index (χ4v) is 3.57. The second-order valence-corrected chi connectivity index (χ2v) is 6.91. The van der Waals surface area contributed by atoms with E-state index in [2.05, 4.69) is 0 Å². The number of nitrogens with zero attached hydrogens (tertiary/aromatic N) is 3. The predicted octanol–water partition coefficient (Wildman–Crippen LogP) is 2.93. The number of para-hydroxylation sites is 3. The summed E-state index contributed by atoms with van der Waals surface area (Å²) < 4.78 is 19.3. The number of methoxy groups -OCH3 is 1. The van der Waals surface area contributed by atoms with Gasteiger partial charge < -0.3 is 19.4 Å². The van der Waals surface area contributed by atoms with Crippen LogP contribution in [0.4, 0.5) is 15.8 Å². The number of carbonyl (C=O) groups excluding carboxylic acids is 2. The third-order valence-corrected chi connectivity index (χ3v) is 5.13. The van der Waals surface area contributed by atoms with Crippen molar-refractivity contribution in [3.63, 3.8) is 0 Å². The van der Waals surface area contributed by atoms with Crippen molar-refractivity contribution in [1.29, 1.82) is 0 Å². The summed E-state index contributed by atoms with van der Waals surface area (Å²) >= 11 is 0. The van der Waals surface area contributed by atoms with Gasteiger partial charge in [-0.25, -0.2) is 4.39 Å². The standard InChI is InChI=1S/C22H26FN3O3/c1-17(27)26(20-9-5-6-10-21(20)29-2)12-11-22(28)25-15-13-24(14-16-25)19-8-4-3-7-18(19)23/h3-10H,11-16H2,1-2H3. The minimum atomic E-state index is -0.249. The van der Waals surface area contributed by atoms with Crippen LogP contribution in [0, 0.1) is 5.82 Å². The number of hydrogen-bond donors (Lipinski definition) is 0. The van der Waals surface area contributed by atoms with Crippen LogP contribution in [0.1, 0.15) is 13.3 Å². The Morgan fingerprint density at radius 2 is 1.69 bits per heavy atom. The normalized spacial score (nSPS) is 13.9. The second kappa shape index (κ2) is 9.41. The van der Waals surface area contributed by atoms with Crippen LogP contribution in [0.3, 0.4) is 0 Å². The smallest absolute Gasteiger partial charge is 0.224 e. The Bertz CT molecular complexity index is 866. The van der Waals surface area contributed by atoms with E-state index in [9.17, 15) is 14.0 Å². The molecule has 0 aliphatic carbocycles. The molecule has 2 aromatic rings. The van der Waals surface area contributed by atoms with E-state index in [-0.39, 0.29) is 30.6 Å². The lowest BCUT2D eigenvalue weighted by molar-refractivity contribution is -0.131. The van der Waals surface area contributed by atoms with Gasteiger partial charge in [0, 0.05) is 46.1 Å². The number of carbonyl (C=O) groups is 2. The molecule has 0 N–H and O–H groups in total. The van der Waals surface area contributed by atoms with Gasteiger partial charge in [0.15, 0.2) is 0 Å². The molecule has 154 valence electrons. The minimum absolute atomic E-state index is 0.0145. The molecule has 0 spiro atoms. The zero-order chi connectivity index (χ0) is 20.8. The molecule has 1 aliphatic rings. The Morgan fingerprint density at radius 1 is 1.03 bits per heavy atom. The summed E-state index contributed by atoms with van der Waals surface area (Å²) in [6, 6.07) is 13.9. The monoisotopic (exact) mass is 399 g/mol. The Labute approximate surface area is 170 Å². The summed E-state index contributed by atoms with van der Waals surface area (Å²) in [5, 5.41) is 0. The number of amides is 2. The van der Waals surface area contributed by atoms with Crippen LogP contribution in [0.5, 0.6) is 5.75 Å². The van der Waals surface area contributed by atoms with Gasteiger partial charge in [0.2, 0.25) is 11.8 Å². The van der Waals surface area contributed by atoms with Gasteiger partial charge in [-0.15, -0.1) is 0 Å². The van der Waals surface area contributed by atoms with Crippen molar-refractivity contribution in [3.8, 4) is 5.75 Å². The lowest BCUT2D eigenvalue weighted by atomic mass is 10.2. The van der Waals surface area contributed by atoms with Crippen LogP contribution in [0.25, 0.3) is 0 Å². The number of ether oxygens (including phenoxy) is 1. The zero-order valence-corrected chi connectivity index (χ0v) is 16.8. The molecule has 1 heterocycles. The number of halogens is 1. The van der Waals surface area contributed by atoms with E-state index in [1.807, 2.05) is 23.1 Å². The van der Waals surface area contributed by atoms with Crippen LogP contribution in [-0.2, 0) is 9.59 Å². The molecule has 0 radical (unpaired) electrons. The summed E-state index contributed by atoms with van der Waals surface area (Å²) in [5.41, 5.74) is 1.22. The highest BCUT2D eigenvalue weighted by molar-refractivity contribution is 5.93. The third-order valence-electron chi connectivity index (χ3n) is 5.13. The predicted molar refractivity (Wildman–Crippen MR) is 111 cm³/mol. The number of rotatable bonds is 6. The van der Waals surface area contributed by atoms with Crippen molar-refractivity contribution in [2.45, 2.75) is 13.3 Å². The van der Waals surface area contributed by atoms with Crippen LogP contribution in [-0.4, -0.2) is 56.5 Å². The molecule has 2 amide bonds. The summed E-state index contributed by atoms with van der Waals surface area (Å²) in [7, 11) is 1.55. The molecule has 7 heteroatoms. The van der Waals surface area contributed by atoms with E-state index in [0.717, 1.165) is 0 Å². The average Bonchev–Trinajstić information content (AvgIpc) is 2.74. The Morgan fingerprint density at radius 3 is 2.34 bits per heavy atom. The van der Waals surface area contributed by atoms with Gasteiger partial charge in [0.05, 0.1) is 18.5 Å². The maximum absolute atomic E-state index is 14.0. The van der Waals surface area contributed by atoms with Gasteiger partial charge in [-0.2, -0.15) is 0 Å². The van der Waals surface area contributed by atoms with Crippen molar-refractivity contribution in [1.82, 2.24) is 4.90 Å². The SMILES string of the molecule is COc1ccccc1N(CCC(=O)N1CCN(c2ccccc2F)CC1)C(C)=O. The van der Waals surface area contributed by atoms with Crippen molar-refractivity contribution in [3.05, 3.63) is 54.3 Å². The van der Waals surface area contributed by atoms with E-state index in [1.54, 1.807) is 41.2 Å². The molecular formula is C22H26FN3O3. The van der Waals surface area contributed by atoms with Crippen molar-refractivity contribution < 1.29 is 18.7 Å². The van der Waals surface area contributed by atoms with E-state index in [4.69, 9.17) is 4.74 Å². The average molecular weight is 399 g/mol. The first-order chi connectivity index (χ1) is 14.0. The van der Waals surface area contributed by atoms with Gasteiger partial charge in [-0.3, -0.25) is 9.59 Å². The first-order valence-electron chi connectivity index (χ1n) is 9.69.